The molecule has 5 heteroatoms. The van der Waals surface area contributed by atoms with Gasteiger partial charge >= 0.3 is 0 Å². The second-order valence-corrected chi connectivity index (χ2v) is 4.48. The summed E-state index contributed by atoms with van der Waals surface area (Å²) in [5.74, 6) is -0.0392. The molecule has 0 fully saturated rings. The first kappa shape index (κ1) is 13.5. The molecule has 2 amide bonds. The van der Waals surface area contributed by atoms with E-state index in [1.165, 1.54) is 0 Å². The van der Waals surface area contributed by atoms with E-state index in [1.54, 1.807) is 18.0 Å². The molecular weight excluding hydrogens is 244 g/mol. The van der Waals surface area contributed by atoms with Crippen molar-refractivity contribution in [3.63, 3.8) is 0 Å². The number of aryl methyl sites for hydroxylation is 1. The van der Waals surface area contributed by atoms with Gasteiger partial charge < -0.3 is 15.0 Å². The minimum Gasteiger partial charge on any atom is -0.372 e. The number of rotatable bonds is 4. The summed E-state index contributed by atoms with van der Waals surface area (Å²) in [6.07, 6.45) is 1.23. The number of amides is 2. The maximum atomic E-state index is 11.6. The quantitative estimate of drug-likeness (QED) is 0.896. The van der Waals surface area contributed by atoms with Crippen molar-refractivity contribution in [1.29, 1.82) is 0 Å². The fraction of sp³-hybridized carbons (Fsp3) is 0.429. The molecule has 2 rings (SSSR count). The maximum Gasteiger partial charge on any atom is 0.250 e. The minimum absolute atomic E-state index is 0.0615. The first-order chi connectivity index (χ1) is 9.11. The Labute approximate surface area is 112 Å². The number of fused-ring (bicyclic) bond motifs is 1. The summed E-state index contributed by atoms with van der Waals surface area (Å²) < 4.78 is 5.05. The highest BCUT2D eigenvalue weighted by Crippen LogP contribution is 2.29. The van der Waals surface area contributed by atoms with Gasteiger partial charge in [0.2, 0.25) is 11.8 Å². The summed E-state index contributed by atoms with van der Waals surface area (Å²) in [5, 5.41) is 2.79. The number of nitrogens with one attached hydrogen (secondary N) is 1. The van der Waals surface area contributed by atoms with Gasteiger partial charge in [0.05, 0.1) is 0 Å². The molecular formula is C14H18N2O3. The van der Waals surface area contributed by atoms with Crippen molar-refractivity contribution in [2.75, 3.05) is 30.5 Å². The molecule has 0 aromatic heterocycles. The highest BCUT2D eigenvalue weighted by Gasteiger charge is 2.20. The zero-order valence-electron chi connectivity index (χ0n) is 11.2. The molecule has 0 unspecified atom stereocenters. The van der Waals surface area contributed by atoms with E-state index in [4.69, 9.17) is 4.74 Å². The molecule has 1 aliphatic heterocycles. The van der Waals surface area contributed by atoms with Crippen LogP contribution < -0.4 is 10.2 Å². The van der Waals surface area contributed by atoms with E-state index in [0.29, 0.717) is 19.4 Å². The van der Waals surface area contributed by atoms with Gasteiger partial charge in [-0.05, 0) is 37.1 Å². The van der Waals surface area contributed by atoms with E-state index in [-0.39, 0.29) is 18.4 Å². The Balaban J connectivity index is 2.09. The summed E-state index contributed by atoms with van der Waals surface area (Å²) >= 11 is 0. The summed E-state index contributed by atoms with van der Waals surface area (Å²) in [7, 11) is 1.77. The summed E-state index contributed by atoms with van der Waals surface area (Å²) in [6, 6.07) is 5.59. The zero-order chi connectivity index (χ0) is 13.8. The molecule has 0 spiro atoms. The molecule has 1 aliphatic rings. The van der Waals surface area contributed by atoms with Gasteiger partial charge in [-0.1, -0.05) is 0 Å². The standard InChI is InChI=1S/C14H18N2O3/c1-3-19-9-13(17)15-11-5-6-12-10(8-11)4-7-14(18)16(12)2/h5-6,8H,3-4,7,9H2,1-2H3,(H,15,17). The SMILES string of the molecule is CCOCC(=O)Nc1ccc2c(c1)CCC(=O)N2C. The van der Waals surface area contributed by atoms with Gasteiger partial charge in [-0.15, -0.1) is 0 Å². The van der Waals surface area contributed by atoms with E-state index in [0.717, 1.165) is 16.9 Å². The Hall–Kier alpha value is -1.88. The molecule has 0 atom stereocenters. The summed E-state index contributed by atoms with van der Waals surface area (Å²) in [5.41, 5.74) is 2.74. The van der Waals surface area contributed by atoms with Crippen LogP contribution in [0.2, 0.25) is 0 Å². The number of anilines is 2. The molecule has 0 radical (unpaired) electrons. The second kappa shape index (κ2) is 5.84. The Morgan fingerprint density at radius 1 is 1.42 bits per heavy atom. The number of carbonyl (C=O) groups is 2. The molecule has 1 aromatic rings. The fourth-order valence-electron chi connectivity index (χ4n) is 2.13. The lowest BCUT2D eigenvalue weighted by Gasteiger charge is -2.26. The van der Waals surface area contributed by atoms with Crippen LogP contribution in [0, 0.1) is 0 Å². The van der Waals surface area contributed by atoms with Crippen LogP contribution in [0.25, 0.3) is 0 Å². The smallest absolute Gasteiger partial charge is 0.250 e. The van der Waals surface area contributed by atoms with Gasteiger partial charge in [0.25, 0.3) is 0 Å². The third-order valence-corrected chi connectivity index (χ3v) is 3.14. The van der Waals surface area contributed by atoms with Gasteiger partial charge in [0.1, 0.15) is 6.61 Å². The van der Waals surface area contributed by atoms with Crippen LogP contribution in [-0.2, 0) is 20.7 Å². The third-order valence-electron chi connectivity index (χ3n) is 3.14. The number of nitrogens with zero attached hydrogens (tertiary/aromatic N) is 1. The average Bonchev–Trinajstić information content (AvgIpc) is 2.41. The highest BCUT2D eigenvalue weighted by atomic mass is 16.5. The molecule has 5 nitrogen and oxygen atoms in total. The van der Waals surface area contributed by atoms with Gasteiger partial charge in [-0.2, -0.15) is 0 Å². The largest absolute Gasteiger partial charge is 0.372 e. The Kier molecular flexibility index (Phi) is 4.16. The third kappa shape index (κ3) is 3.12. The van der Waals surface area contributed by atoms with Crippen molar-refractivity contribution in [2.45, 2.75) is 19.8 Å². The van der Waals surface area contributed by atoms with Gasteiger partial charge in [-0.25, -0.2) is 0 Å². The first-order valence-corrected chi connectivity index (χ1v) is 6.39. The van der Waals surface area contributed by atoms with Crippen molar-refractivity contribution in [2.24, 2.45) is 0 Å². The highest BCUT2D eigenvalue weighted by molar-refractivity contribution is 5.97. The second-order valence-electron chi connectivity index (χ2n) is 4.48. The summed E-state index contributed by atoms with van der Waals surface area (Å²) in [4.78, 5) is 24.8. The van der Waals surface area contributed by atoms with Crippen molar-refractivity contribution < 1.29 is 14.3 Å². The normalized spacial score (nSPS) is 14.2. The number of hydrogen-bond donors (Lipinski definition) is 1. The predicted octanol–water partition coefficient (Wildman–Crippen LogP) is 1.57. The lowest BCUT2D eigenvalue weighted by Crippen LogP contribution is -2.31. The molecule has 0 saturated heterocycles. The molecule has 0 bridgehead atoms. The molecule has 0 saturated carbocycles. The van der Waals surface area contributed by atoms with E-state index in [2.05, 4.69) is 5.32 Å². The summed E-state index contributed by atoms with van der Waals surface area (Å²) in [6.45, 7) is 2.43. The van der Waals surface area contributed by atoms with Crippen LogP contribution in [-0.4, -0.2) is 32.1 Å². The monoisotopic (exact) mass is 262 g/mol. The number of benzene rings is 1. The van der Waals surface area contributed by atoms with E-state index >= 15 is 0 Å². The topological polar surface area (TPSA) is 58.6 Å². The Morgan fingerprint density at radius 2 is 2.21 bits per heavy atom. The van der Waals surface area contributed by atoms with Gasteiger partial charge in [0.15, 0.2) is 0 Å². The Bertz CT molecular complexity index is 499. The van der Waals surface area contributed by atoms with Crippen LogP contribution >= 0.6 is 0 Å². The molecule has 1 aromatic carbocycles. The fourth-order valence-corrected chi connectivity index (χ4v) is 2.13. The van der Waals surface area contributed by atoms with Gasteiger partial charge in [-0.3, -0.25) is 9.59 Å². The van der Waals surface area contributed by atoms with Crippen molar-refractivity contribution >= 4 is 23.2 Å². The van der Waals surface area contributed by atoms with Crippen LogP contribution in [0.5, 0.6) is 0 Å². The predicted molar refractivity (Wildman–Crippen MR) is 73.3 cm³/mol. The van der Waals surface area contributed by atoms with Crippen LogP contribution in [0.4, 0.5) is 11.4 Å². The molecule has 102 valence electrons. The maximum absolute atomic E-state index is 11.6. The van der Waals surface area contributed by atoms with Crippen molar-refractivity contribution in [3.05, 3.63) is 23.8 Å². The number of hydrogen-bond acceptors (Lipinski definition) is 3. The van der Waals surface area contributed by atoms with Gasteiger partial charge in [0, 0.05) is 31.5 Å². The Morgan fingerprint density at radius 3 is 2.95 bits per heavy atom. The average molecular weight is 262 g/mol. The minimum atomic E-state index is -0.165. The van der Waals surface area contributed by atoms with E-state index in [1.807, 2.05) is 19.1 Å². The van der Waals surface area contributed by atoms with Crippen molar-refractivity contribution in [1.82, 2.24) is 0 Å². The molecule has 0 aliphatic carbocycles. The molecule has 19 heavy (non-hydrogen) atoms. The van der Waals surface area contributed by atoms with Crippen LogP contribution in [0.1, 0.15) is 18.9 Å². The van der Waals surface area contributed by atoms with Crippen LogP contribution in [0.15, 0.2) is 18.2 Å². The van der Waals surface area contributed by atoms with E-state index in [9.17, 15) is 9.59 Å². The zero-order valence-corrected chi connectivity index (χ0v) is 11.2. The molecule has 1 N–H and O–H groups in total. The first-order valence-electron chi connectivity index (χ1n) is 6.39. The molecule has 1 heterocycles. The number of carbonyl (C=O) groups excluding carboxylic acids is 2. The van der Waals surface area contributed by atoms with E-state index < -0.39 is 0 Å². The number of ether oxygens (including phenoxy) is 1. The van der Waals surface area contributed by atoms with Crippen molar-refractivity contribution in [3.8, 4) is 0 Å². The van der Waals surface area contributed by atoms with Crippen LogP contribution in [0.3, 0.4) is 0 Å². The lowest BCUT2D eigenvalue weighted by molar-refractivity contribution is -0.120. The lowest BCUT2D eigenvalue weighted by atomic mass is 10.0.